The smallest absolute Gasteiger partial charge is 0.136 e. The van der Waals surface area contributed by atoms with Crippen LogP contribution in [0.15, 0.2) is 12.2 Å². The van der Waals surface area contributed by atoms with Gasteiger partial charge in [-0.25, -0.2) is 0 Å². The highest BCUT2D eigenvalue weighted by atomic mass is 16.1. The van der Waals surface area contributed by atoms with E-state index in [2.05, 4.69) is 6.58 Å². The molecule has 4 bridgehead atoms. The van der Waals surface area contributed by atoms with Gasteiger partial charge >= 0.3 is 0 Å². The molecule has 4 saturated carbocycles. The first kappa shape index (κ1) is 5.99. The van der Waals surface area contributed by atoms with Crippen LogP contribution in [0.4, 0.5) is 0 Å². The van der Waals surface area contributed by atoms with Crippen LogP contribution in [0.3, 0.4) is 0 Å². The Kier molecular flexibility index (Phi) is 0.869. The van der Waals surface area contributed by atoms with Crippen molar-refractivity contribution in [3.05, 3.63) is 12.2 Å². The molecule has 0 aromatic rings. The van der Waals surface area contributed by atoms with Crippen LogP contribution in [0.5, 0.6) is 0 Å². The van der Waals surface area contributed by atoms with Crippen molar-refractivity contribution in [1.82, 2.24) is 0 Å². The Labute approximate surface area is 66.5 Å². The summed E-state index contributed by atoms with van der Waals surface area (Å²) < 4.78 is 0. The number of carbonyl (C=O) groups is 1. The second-order valence-electron chi connectivity index (χ2n) is 4.30. The topological polar surface area (TPSA) is 17.1 Å². The van der Waals surface area contributed by atoms with Gasteiger partial charge in [-0.05, 0) is 30.6 Å². The molecule has 0 N–H and O–H groups in total. The number of allylic oxidation sites excluding steroid dienone is 1. The van der Waals surface area contributed by atoms with E-state index in [0.29, 0.717) is 23.5 Å². The maximum Gasteiger partial charge on any atom is 0.136 e. The molecule has 4 aliphatic carbocycles. The van der Waals surface area contributed by atoms with Crippen LogP contribution in [0.2, 0.25) is 0 Å². The molecular formula is C10H12O. The van der Waals surface area contributed by atoms with Crippen LogP contribution in [-0.4, -0.2) is 5.78 Å². The van der Waals surface area contributed by atoms with Crippen molar-refractivity contribution < 1.29 is 4.79 Å². The number of Topliss-reactive ketones (excluding diaryl/α,β-unsaturated/α-hetero) is 1. The molecule has 0 aliphatic heterocycles. The molecular weight excluding hydrogens is 136 g/mol. The third kappa shape index (κ3) is 0.524. The number of hydrogen-bond donors (Lipinski definition) is 0. The molecule has 0 saturated heterocycles. The standard InChI is InChI=1S/C10H12O/c1-5-7-4-9-8(5)2-6(7)3-10(9)11/h6-9H,1-4H2/t6-,7-,8-,9+/m1/s1. The lowest BCUT2D eigenvalue weighted by Gasteiger charge is -2.32. The van der Waals surface area contributed by atoms with Crippen LogP contribution in [0.1, 0.15) is 19.3 Å². The summed E-state index contributed by atoms with van der Waals surface area (Å²) in [5, 5.41) is 0. The molecule has 0 aromatic heterocycles. The fourth-order valence-corrected chi connectivity index (χ4v) is 3.42. The molecule has 0 amide bonds. The predicted molar refractivity (Wildman–Crippen MR) is 42.0 cm³/mol. The minimum absolute atomic E-state index is 0.400. The zero-order valence-corrected chi connectivity index (χ0v) is 6.55. The van der Waals surface area contributed by atoms with E-state index in [1.165, 1.54) is 12.0 Å². The highest BCUT2D eigenvalue weighted by Gasteiger charge is 2.55. The predicted octanol–water partition coefficient (Wildman–Crippen LogP) is 1.79. The fraction of sp³-hybridized carbons (Fsp3) is 0.700. The molecule has 58 valence electrons. The summed E-state index contributed by atoms with van der Waals surface area (Å²) in [4.78, 5) is 11.4. The third-order valence-electron chi connectivity index (χ3n) is 3.95. The van der Waals surface area contributed by atoms with Gasteiger partial charge in [0, 0.05) is 12.3 Å². The van der Waals surface area contributed by atoms with E-state index >= 15 is 0 Å². The molecule has 1 heteroatoms. The summed E-state index contributed by atoms with van der Waals surface area (Å²) in [6.45, 7) is 4.10. The fourth-order valence-electron chi connectivity index (χ4n) is 3.42. The largest absolute Gasteiger partial charge is 0.299 e. The quantitative estimate of drug-likeness (QED) is 0.479. The van der Waals surface area contributed by atoms with Gasteiger partial charge in [0.1, 0.15) is 5.78 Å². The molecule has 4 rings (SSSR count). The highest BCUT2D eigenvalue weighted by Crippen LogP contribution is 2.60. The molecule has 0 radical (unpaired) electrons. The van der Waals surface area contributed by atoms with Crippen molar-refractivity contribution in [3.8, 4) is 0 Å². The van der Waals surface area contributed by atoms with Gasteiger partial charge in [-0.3, -0.25) is 4.79 Å². The number of ketones is 1. The Morgan fingerprint density at radius 3 is 2.45 bits per heavy atom. The molecule has 4 fully saturated rings. The summed E-state index contributed by atoms with van der Waals surface area (Å²) in [6, 6.07) is 0. The summed E-state index contributed by atoms with van der Waals surface area (Å²) in [6.07, 6.45) is 3.29. The summed E-state index contributed by atoms with van der Waals surface area (Å²) >= 11 is 0. The monoisotopic (exact) mass is 148 g/mol. The molecule has 4 atom stereocenters. The Morgan fingerprint density at radius 2 is 2.00 bits per heavy atom. The van der Waals surface area contributed by atoms with E-state index in [1.54, 1.807) is 0 Å². The van der Waals surface area contributed by atoms with Gasteiger partial charge in [0.25, 0.3) is 0 Å². The van der Waals surface area contributed by atoms with Crippen molar-refractivity contribution in [1.29, 1.82) is 0 Å². The maximum atomic E-state index is 11.4. The zero-order chi connectivity index (χ0) is 7.59. The average Bonchev–Trinajstić information content (AvgIpc) is 2.42. The van der Waals surface area contributed by atoms with E-state index in [4.69, 9.17) is 0 Å². The van der Waals surface area contributed by atoms with Crippen LogP contribution in [-0.2, 0) is 4.79 Å². The molecule has 0 unspecified atom stereocenters. The van der Waals surface area contributed by atoms with E-state index in [0.717, 1.165) is 18.8 Å². The highest BCUT2D eigenvalue weighted by molar-refractivity contribution is 5.85. The lowest BCUT2D eigenvalue weighted by molar-refractivity contribution is -0.129. The Balaban J connectivity index is 2.11. The second kappa shape index (κ2) is 1.60. The van der Waals surface area contributed by atoms with Crippen molar-refractivity contribution in [3.63, 3.8) is 0 Å². The maximum absolute atomic E-state index is 11.4. The lowest BCUT2D eigenvalue weighted by Crippen LogP contribution is -2.33. The summed E-state index contributed by atoms with van der Waals surface area (Å²) in [7, 11) is 0. The lowest BCUT2D eigenvalue weighted by atomic mass is 9.70. The number of carbonyl (C=O) groups excluding carboxylic acids is 1. The first-order chi connectivity index (χ1) is 5.27. The number of fused-ring (bicyclic) bond motifs is 1. The molecule has 11 heavy (non-hydrogen) atoms. The van der Waals surface area contributed by atoms with Gasteiger partial charge in [-0.2, -0.15) is 0 Å². The molecule has 0 aromatic carbocycles. The van der Waals surface area contributed by atoms with Gasteiger partial charge in [-0.1, -0.05) is 12.2 Å². The van der Waals surface area contributed by atoms with E-state index in [-0.39, 0.29) is 0 Å². The van der Waals surface area contributed by atoms with Gasteiger partial charge in [0.2, 0.25) is 0 Å². The number of rotatable bonds is 0. The van der Waals surface area contributed by atoms with Crippen LogP contribution >= 0.6 is 0 Å². The first-order valence-electron chi connectivity index (χ1n) is 4.49. The Morgan fingerprint density at radius 1 is 1.18 bits per heavy atom. The Hall–Kier alpha value is -0.590. The van der Waals surface area contributed by atoms with Crippen LogP contribution < -0.4 is 0 Å². The normalized spacial score (nSPS) is 52.7. The van der Waals surface area contributed by atoms with Gasteiger partial charge in [0.15, 0.2) is 0 Å². The van der Waals surface area contributed by atoms with Gasteiger partial charge in [0.05, 0.1) is 0 Å². The minimum atomic E-state index is 0.400. The van der Waals surface area contributed by atoms with Crippen molar-refractivity contribution >= 4 is 5.78 Å². The number of hydrogen-bond acceptors (Lipinski definition) is 1. The first-order valence-corrected chi connectivity index (χ1v) is 4.49. The van der Waals surface area contributed by atoms with Crippen molar-refractivity contribution in [2.75, 3.05) is 0 Å². The molecule has 0 heterocycles. The minimum Gasteiger partial charge on any atom is -0.299 e. The van der Waals surface area contributed by atoms with Gasteiger partial charge in [-0.15, -0.1) is 0 Å². The molecule has 4 aliphatic rings. The third-order valence-corrected chi connectivity index (χ3v) is 3.95. The molecule has 0 spiro atoms. The van der Waals surface area contributed by atoms with Crippen molar-refractivity contribution in [2.45, 2.75) is 19.3 Å². The zero-order valence-electron chi connectivity index (χ0n) is 6.55. The summed E-state index contributed by atoms with van der Waals surface area (Å²) in [5.74, 6) is 2.97. The SMILES string of the molecule is C=C1[C@H]2C[C@@H]3C(=O)C[C@H]2C[C@H]13. The van der Waals surface area contributed by atoms with Crippen molar-refractivity contribution in [2.24, 2.45) is 23.7 Å². The van der Waals surface area contributed by atoms with Crippen LogP contribution in [0, 0.1) is 23.7 Å². The summed E-state index contributed by atoms with van der Waals surface area (Å²) in [5.41, 5.74) is 1.41. The Bertz CT molecular complexity index is 254. The van der Waals surface area contributed by atoms with E-state index in [9.17, 15) is 4.79 Å². The van der Waals surface area contributed by atoms with E-state index < -0.39 is 0 Å². The molecule has 1 nitrogen and oxygen atoms in total. The van der Waals surface area contributed by atoms with Gasteiger partial charge < -0.3 is 0 Å². The second-order valence-corrected chi connectivity index (χ2v) is 4.30. The van der Waals surface area contributed by atoms with Crippen LogP contribution in [0.25, 0.3) is 0 Å². The average molecular weight is 148 g/mol. The van der Waals surface area contributed by atoms with E-state index in [1.807, 2.05) is 0 Å².